The Kier molecular flexibility index (Phi) is 5.29. The number of nitrogens with one attached hydrogen (secondary N) is 2. The molecule has 0 unspecified atom stereocenters. The average Bonchev–Trinajstić information content (AvgIpc) is 3.18. The van der Waals surface area contributed by atoms with Crippen LogP contribution in [0.2, 0.25) is 5.02 Å². The van der Waals surface area contributed by atoms with E-state index in [1.165, 1.54) is 6.20 Å². The SMILES string of the molecule is CCc1ccccc1NC(=O)c1cnn2c1NC(C(=O)O)=C[C@H]2c1ccc(Cl)cc1. The van der Waals surface area contributed by atoms with E-state index in [1.807, 2.05) is 31.2 Å². The van der Waals surface area contributed by atoms with Crippen molar-refractivity contribution in [2.75, 3.05) is 10.6 Å². The van der Waals surface area contributed by atoms with Crippen LogP contribution in [0.4, 0.5) is 11.5 Å². The van der Waals surface area contributed by atoms with Crippen LogP contribution in [0.15, 0.2) is 66.5 Å². The van der Waals surface area contributed by atoms with Crippen LogP contribution < -0.4 is 10.6 Å². The molecule has 0 saturated heterocycles. The molecule has 4 rings (SSSR count). The van der Waals surface area contributed by atoms with E-state index < -0.39 is 12.0 Å². The number of rotatable bonds is 5. The van der Waals surface area contributed by atoms with E-state index in [4.69, 9.17) is 11.6 Å². The summed E-state index contributed by atoms with van der Waals surface area (Å²) in [6, 6.07) is 14.1. The van der Waals surface area contributed by atoms with Crippen molar-refractivity contribution in [2.24, 2.45) is 0 Å². The Hall–Kier alpha value is -3.58. The van der Waals surface area contributed by atoms with Gasteiger partial charge in [-0.15, -0.1) is 0 Å². The lowest BCUT2D eigenvalue weighted by Crippen LogP contribution is -2.25. The number of para-hydroxylation sites is 1. The fourth-order valence-electron chi connectivity index (χ4n) is 3.42. The Morgan fingerprint density at radius 3 is 2.63 bits per heavy atom. The largest absolute Gasteiger partial charge is 0.477 e. The number of anilines is 2. The van der Waals surface area contributed by atoms with E-state index in [-0.39, 0.29) is 17.2 Å². The van der Waals surface area contributed by atoms with Crippen molar-refractivity contribution in [3.63, 3.8) is 0 Å². The maximum atomic E-state index is 13.0. The highest BCUT2D eigenvalue weighted by Gasteiger charge is 2.29. The first-order valence-electron chi connectivity index (χ1n) is 9.42. The topological polar surface area (TPSA) is 96.3 Å². The van der Waals surface area contributed by atoms with Gasteiger partial charge in [-0.1, -0.05) is 48.9 Å². The number of benzene rings is 2. The second-order valence-corrected chi connectivity index (χ2v) is 7.26. The number of halogens is 1. The minimum atomic E-state index is -1.12. The molecule has 7 nitrogen and oxygen atoms in total. The van der Waals surface area contributed by atoms with Crippen molar-refractivity contribution in [3.05, 3.63) is 88.2 Å². The van der Waals surface area contributed by atoms with Crippen LogP contribution in [0.25, 0.3) is 0 Å². The van der Waals surface area contributed by atoms with Crippen LogP contribution in [0, 0.1) is 0 Å². The maximum Gasteiger partial charge on any atom is 0.352 e. The molecule has 0 aliphatic carbocycles. The molecule has 1 aromatic heterocycles. The van der Waals surface area contributed by atoms with Gasteiger partial charge in [-0.3, -0.25) is 4.79 Å². The molecule has 30 heavy (non-hydrogen) atoms. The molecule has 1 atom stereocenters. The number of carbonyl (C=O) groups excluding carboxylic acids is 1. The molecule has 152 valence electrons. The van der Waals surface area contributed by atoms with E-state index in [0.29, 0.717) is 16.5 Å². The highest BCUT2D eigenvalue weighted by molar-refractivity contribution is 6.30. The molecule has 2 aromatic carbocycles. The summed E-state index contributed by atoms with van der Waals surface area (Å²) in [6.07, 6.45) is 3.76. The number of nitrogens with zero attached hydrogens (tertiary/aromatic N) is 2. The van der Waals surface area contributed by atoms with Crippen LogP contribution in [-0.4, -0.2) is 26.8 Å². The zero-order valence-corrected chi connectivity index (χ0v) is 16.8. The zero-order valence-electron chi connectivity index (χ0n) is 16.1. The number of carbonyl (C=O) groups is 2. The number of amides is 1. The fraction of sp³-hybridized carbons (Fsp3) is 0.136. The molecule has 1 amide bonds. The summed E-state index contributed by atoms with van der Waals surface area (Å²) in [5, 5.41) is 20.2. The molecule has 0 fully saturated rings. The van der Waals surface area contributed by atoms with Gasteiger partial charge >= 0.3 is 5.97 Å². The first-order valence-corrected chi connectivity index (χ1v) is 9.80. The Labute approximate surface area is 178 Å². The van der Waals surface area contributed by atoms with E-state index in [1.54, 1.807) is 35.0 Å². The summed E-state index contributed by atoms with van der Waals surface area (Å²) >= 11 is 5.98. The van der Waals surface area contributed by atoms with E-state index in [0.717, 1.165) is 17.5 Å². The van der Waals surface area contributed by atoms with E-state index in [2.05, 4.69) is 15.7 Å². The number of aliphatic carboxylic acids is 1. The fourth-order valence-corrected chi connectivity index (χ4v) is 3.55. The van der Waals surface area contributed by atoms with Crippen molar-refractivity contribution in [1.29, 1.82) is 0 Å². The third-order valence-electron chi connectivity index (χ3n) is 4.97. The molecule has 2 heterocycles. The summed E-state index contributed by atoms with van der Waals surface area (Å²) in [4.78, 5) is 24.7. The number of carboxylic acid groups (broad SMARTS) is 1. The molecule has 3 N–H and O–H groups in total. The lowest BCUT2D eigenvalue weighted by atomic mass is 10.0. The second kappa shape index (κ2) is 8.04. The molecule has 0 bridgehead atoms. The van der Waals surface area contributed by atoms with Gasteiger partial charge in [0, 0.05) is 10.7 Å². The number of fused-ring (bicyclic) bond motifs is 1. The summed E-state index contributed by atoms with van der Waals surface area (Å²) in [5.74, 6) is -1.17. The van der Waals surface area contributed by atoms with Gasteiger partial charge in [0.1, 0.15) is 17.1 Å². The average molecular weight is 423 g/mol. The monoisotopic (exact) mass is 422 g/mol. The van der Waals surface area contributed by atoms with Crippen LogP contribution >= 0.6 is 11.6 Å². The number of carboxylic acids is 1. The Bertz CT molecular complexity index is 1150. The van der Waals surface area contributed by atoms with Crippen molar-refractivity contribution in [3.8, 4) is 0 Å². The number of allylic oxidation sites excluding steroid dienone is 1. The molecule has 0 saturated carbocycles. The first kappa shape index (κ1) is 19.7. The molecule has 1 aliphatic heterocycles. The quantitative estimate of drug-likeness (QED) is 0.568. The summed E-state index contributed by atoms with van der Waals surface area (Å²) in [7, 11) is 0. The molecule has 0 spiro atoms. The highest BCUT2D eigenvalue weighted by atomic mass is 35.5. The number of aromatic nitrogens is 2. The number of aryl methyl sites for hydroxylation is 1. The maximum absolute atomic E-state index is 13.0. The second-order valence-electron chi connectivity index (χ2n) is 6.82. The van der Waals surface area contributed by atoms with Crippen molar-refractivity contribution in [1.82, 2.24) is 9.78 Å². The zero-order chi connectivity index (χ0) is 21.3. The summed E-state index contributed by atoms with van der Waals surface area (Å²) in [5.41, 5.74) is 2.75. The normalized spacial score (nSPS) is 15.0. The third-order valence-corrected chi connectivity index (χ3v) is 5.22. The van der Waals surface area contributed by atoms with Gasteiger partial charge in [0.2, 0.25) is 0 Å². The van der Waals surface area contributed by atoms with Crippen molar-refractivity contribution < 1.29 is 14.7 Å². The number of hydrogen-bond acceptors (Lipinski definition) is 4. The molecular formula is C22H19ClN4O3. The minimum Gasteiger partial charge on any atom is -0.477 e. The molecular weight excluding hydrogens is 404 g/mol. The van der Waals surface area contributed by atoms with Gasteiger partial charge < -0.3 is 15.7 Å². The Balaban J connectivity index is 1.72. The Morgan fingerprint density at radius 2 is 1.93 bits per heavy atom. The molecule has 1 aliphatic rings. The van der Waals surface area contributed by atoms with E-state index >= 15 is 0 Å². The van der Waals surface area contributed by atoms with Gasteiger partial charge in [0.05, 0.1) is 12.2 Å². The van der Waals surface area contributed by atoms with Gasteiger partial charge in [-0.2, -0.15) is 5.10 Å². The summed E-state index contributed by atoms with van der Waals surface area (Å²) in [6.45, 7) is 2.01. The first-order chi connectivity index (χ1) is 14.5. The van der Waals surface area contributed by atoms with Crippen LogP contribution in [-0.2, 0) is 11.2 Å². The lowest BCUT2D eigenvalue weighted by molar-refractivity contribution is -0.132. The van der Waals surface area contributed by atoms with Gasteiger partial charge in [0.15, 0.2) is 0 Å². The Morgan fingerprint density at radius 1 is 1.20 bits per heavy atom. The van der Waals surface area contributed by atoms with Crippen LogP contribution in [0.5, 0.6) is 0 Å². The summed E-state index contributed by atoms with van der Waals surface area (Å²) < 4.78 is 1.59. The third kappa shape index (κ3) is 3.67. The van der Waals surface area contributed by atoms with Crippen LogP contribution in [0.1, 0.15) is 34.5 Å². The highest BCUT2D eigenvalue weighted by Crippen LogP contribution is 2.33. The predicted molar refractivity (Wildman–Crippen MR) is 115 cm³/mol. The van der Waals surface area contributed by atoms with Gasteiger partial charge in [-0.05, 0) is 41.8 Å². The van der Waals surface area contributed by atoms with Crippen molar-refractivity contribution in [2.45, 2.75) is 19.4 Å². The van der Waals surface area contributed by atoms with Gasteiger partial charge in [0.25, 0.3) is 5.91 Å². The molecule has 0 radical (unpaired) electrons. The minimum absolute atomic E-state index is 0.0223. The number of hydrogen-bond donors (Lipinski definition) is 3. The van der Waals surface area contributed by atoms with E-state index in [9.17, 15) is 14.7 Å². The lowest BCUT2D eigenvalue weighted by Gasteiger charge is -2.24. The van der Waals surface area contributed by atoms with Crippen LogP contribution in [0.3, 0.4) is 0 Å². The standard InChI is InChI=1S/C22H19ClN4O3/c1-2-13-5-3-4-6-17(13)26-21(28)16-12-24-27-19(14-7-9-15(23)10-8-14)11-18(22(29)30)25-20(16)27/h3-12,19,25H,2H2,1H3,(H,26,28)(H,29,30)/t19-/m0/s1. The molecule has 8 heteroatoms. The smallest absolute Gasteiger partial charge is 0.352 e. The molecule has 3 aromatic rings. The van der Waals surface area contributed by atoms with Gasteiger partial charge in [-0.25, -0.2) is 9.48 Å². The van der Waals surface area contributed by atoms with Crippen molar-refractivity contribution >= 4 is 35.0 Å². The predicted octanol–water partition coefficient (Wildman–Crippen LogP) is 4.33.